The first-order valence-corrected chi connectivity index (χ1v) is 4.52. The fourth-order valence-corrected chi connectivity index (χ4v) is 2.81. The zero-order valence-corrected chi connectivity index (χ0v) is 7.15. The van der Waals surface area contributed by atoms with Gasteiger partial charge in [0, 0.05) is 4.88 Å². The molecule has 0 radical (unpaired) electrons. The van der Waals surface area contributed by atoms with Crippen molar-refractivity contribution in [2.45, 2.75) is 6.92 Å². The SMILES string of the molecule is Cc1sc2sc(F)nc2c1F. The highest BCUT2D eigenvalue weighted by atomic mass is 32.2. The van der Waals surface area contributed by atoms with Crippen LogP contribution in [0.15, 0.2) is 0 Å². The van der Waals surface area contributed by atoms with Crippen molar-refractivity contribution in [1.82, 2.24) is 4.98 Å². The zero-order valence-electron chi connectivity index (χ0n) is 5.52. The predicted molar refractivity (Wildman–Crippen MR) is 42.2 cm³/mol. The molecule has 5 heteroatoms. The molecule has 0 N–H and O–H groups in total. The molecule has 2 aromatic rings. The van der Waals surface area contributed by atoms with E-state index in [2.05, 4.69) is 4.98 Å². The Balaban J connectivity index is 2.88. The van der Waals surface area contributed by atoms with Crippen LogP contribution in [0.3, 0.4) is 0 Å². The monoisotopic (exact) mass is 191 g/mol. The van der Waals surface area contributed by atoms with Crippen molar-refractivity contribution in [3.05, 3.63) is 16.0 Å². The number of rotatable bonds is 0. The number of aromatic nitrogens is 1. The third-order valence-electron chi connectivity index (χ3n) is 1.33. The Hall–Kier alpha value is -0.550. The molecule has 0 atom stereocenters. The standard InChI is InChI=1S/C6H3F2NS2/c1-2-3(7)4-5(10-2)11-6(8)9-4/h1H3. The predicted octanol–water partition coefficient (Wildman–Crippen LogP) is 2.94. The van der Waals surface area contributed by atoms with Gasteiger partial charge in [0.2, 0.25) is 0 Å². The molecular weight excluding hydrogens is 188 g/mol. The molecule has 0 bridgehead atoms. The van der Waals surface area contributed by atoms with Crippen LogP contribution >= 0.6 is 22.7 Å². The van der Waals surface area contributed by atoms with Crippen LogP contribution in [0.5, 0.6) is 0 Å². The maximum atomic E-state index is 13.0. The molecule has 0 amide bonds. The van der Waals surface area contributed by atoms with Gasteiger partial charge in [0.1, 0.15) is 9.53 Å². The van der Waals surface area contributed by atoms with E-state index in [1.165, 1.54) is 11.3 Å². The Morgan fingerprint density at radius 1 is 1.27 bits per heavy atom. The molecule has 0 aliphatic rings. The summed E-state index contributed by atoms with van der Waals surface area (Å²) in [6.45, 7) is 1.66. The van der Waals surface area contributed by atoms with Gasteiger partial charge >= 0.3 is 0 Å². The topological polar surface area (TPSA) is 12.9 Å². The normalized spacial score (nSPS) is 11.2. The van der Waals surface area contributed by atoms with Gasteiger partial charge < -0.3 is 0 Å². The molecule has 11 heavy (non-hydrogen) atoms. The summed E-state index contributed by atoms with van der Waals surface area (Å²) < 4.78 is 26.0. The minimum absolute atomic E-state index is 0.176. The summed E-state index contributed by atoms with van der Waals surface area (Å²) >= 11 is 2.13. The van der Waals surface area contributed by atoms with Crippen LogP contribution < -0.4 is 0 Å². The zero-order chi connectivity index (χ0) is 8.01. The minimum atomic E-state index is -0.565. The van der Waals surface area contributed by atoms with E-state index in [-0.39, 0.29) is 11.3 Å². The highest BCUT2D eigenvalue weighted by Crippen LogP contribution is 2.32. The Kier molecular flexibility index (Phi) is 1.43. The van der Waals surface area contributed by atoms with Gasteiger partial charge in [0.25, 0.3) is 5.26 Å². The third kappa shape index (κ3) is 0.954. The van der Waals surface area contributed by atoms with Crippen molar-refractivity contribution in [3.63, 3.8) is 0 Å². The molecule has 0 aromatic carbocycles. The summed E-state index contributed by atoms with van der Waals surface area (Å²) in [4.78, 5) is 3.99. The van der Waals surface area contributed by atoms with Crippen LogP contribution in [-0.2, 0) is 0 Å². The smallest absolute Gasteiger partial charge is 0.205 e. The molecule has 1 nitrogen and oxygen atoms in total. The lowest BCUT2D eigenvalue weighted by Crippen LogP contribution is -1.73. The summed E-state index contributed by atoms with van der Waals surface area (Å²) in [5.74, 6) is -0.384. The molecule has 0 saturated carbocycles. The number of thiophene rings is 1. The van der Waals surface area contributed by atoms with Crippen LogP contribution in [0, 0.1) is 18.0 Å². The van der Waals surface area contributed by atoms with E-state index >= 15 is 0 Å². The first-order chi connectivity index (χ1) is 5.18. The summed E-state index contributed by atoms with van der Waals surface area (Å²) in [7, 11) is 0. The van der Waals surface area contributed by atoms with Gasteiger partial charge in [-0.2, -0.15) is 4.39 Å². The molecule has 0 aliphatic heterocycles. The van der Waals surface area contributed by atoms with Crippen molar-refractivity contribution in [3.8, 4) is 0 Å². The average molecular weight is 191 g/mol. The van der Waals surface area contributed by atoms with Crippen LogP contribution in [0.1, 0.15) is 4.88 Å². The van der Waals surface area contributed by atoms with Crippen molar-refractivity contribution in [2.24, 2.45) is 0 Å². The number of hydrogen-bond donors (Lipinski definition) is 0. The van der Waals surface area contributed by atoms with Gasteiger partial charge in [0.05, 0.1) is 0 Å². The average Bonchev–Trinajstić information content (AvgIpc) is 2.37. The van der Waals surface area contributed by atoms with Crippen molar-refractivity contribution in [2.75, 3.05) is 0 Å². The maximum Gasteiger partial charge on any atom is 0.271 e. The lowest BCUT2D eigenvalue weighted by Gasteiger charge is -1.79. The van der Waals surface area contributed by atoms with Crippen molar-refractivity contribution < 1.29 is 8.78 Å². The van der Waals surface area contributed by atoms with Gasteiger partial charge in [-0.15, -0.1) is 11.3 Å². The van der Waals surface area contributed by atoms with Crippen molar-refractivity contribution in [1.29, 1.82) is 0 Å². The summed E-state index contributed by atoms with van der Waals surface area (Å²) in [6.07, 6.45) is 0. The fourth-order valence-electron chi connectivity index (χ4n) is 0.840. The minimum Gasteiger partial charge on any atom is -0.205 e. The van der Waals surface area contributed by atoms with E-state index in [0.29, 0.717) is 8.89 Å². The Bertz CT molecular complexity index is 404. The number of aryl methyl sites for hydroxylation is 1. The van der Waals surface area contributed by atoms with Crippen LogP contribution in [-0.4, -0.2) is 4.98 Å². The summed E-state index contributed by atoms with van der Waals surface area (Å²) in [5, 5.41) is -0.565. The van der Waals surface area contributed by atoms with Gasteiger partial charge in [-0.3, -0.25) is 0 Å². The summed E-state index contributed by atoms with van der Waals surface area (Å²) in [6, 6.07) is 0. The number of fused-ring (bicyclic) bond motifs is 1. The van der Waals surface area contributed by atoms with E-state index in [9.17, 15) is 8.78 Å². The van der Waals surface area contributed by atoms with E-state index in [4.69, 9.17) is 0 Å². The van der Waals surface area contributed by atoms with E-state index in [1.807, 2.05) is 0 Å². The van der Waals surface area contributed by atoms with Gasteiger partial charge in [-0.1, -0.05) is 11.3 Å². The lowest BCUT2D eigenvalue weighted by molar-refractivity contribution is 0.608. The van der Waals surface area contributed by atoms with Crippen LogP contribution in [0.4, 0.5) is 8.78 Å². The quantitative estimate of drug-likeness (QED) is 0.624. The Morgan fingerprint density at radius 2 is 2.00 bits per heavy atom. The van der Waals surface area contributed by atoms with E-state index < -0.39 is 5.26 Å². The lowest BCUT2D eigenvalue weighted by atomic mass is 10.4. The van der Waals surface area contributed by atoms with E-state index in [1.54, 1.807) is 6.92 Å². The number of nitrogens with zero attached hydrogens (tertiary/aromatic N) is 1. The first-order valence-electron chi connectivity index (χ1n) is 2.89. The molecule has 2 aromatic heterocycles. The number of hydrogen-bond acceptors (Lipinski definition) is 3. The van der Waals surface area contributed by atoms with Gasteiger partial charge in [-0.25, -0.2) is 9.37 Å². The molecule has 2 rings (SSSR count). The van der Waals surface area contributed by atoms with Gasteiger partial charge in [0.15, 0.2) is 5.82 Å². The van der Waals surface area contributed by atoms with E-state index in [0.717, 1.165) is 11.3 Å². The molecule has 0 aliphatic carbocycles. The molecule has 0 fully saturated rings. The molecule has 2 heterocycles. The number of halogens is 2. The molecule has 58 valence electrons. The second kappa shape index (κ2) is 2.22. The third-order valence-corrected chi connectivity index (χ3v) is 3.34. The highest BCUT2D eigenvalue weighted by Gasteiger charge is 2.13. The second-order valence-corrected chi connectivity index (χ2v) is 4.51. The van der Waals surface area contributed by atoms with Crippen LogP contribution in [0.25, 0.3) is 9.53 Å². The highest BCUT2D eigenvalue weighted by molar-refractivity contribution is 7.37. The molecule has 0 saturated heterocycles. The Labute approximate surface area is 69.3 Å². The van der Waals surface area contributed by atoms with Crippen LogP contribution in [0.2, 0.25) is 0 Å². The Morgan fingerprint density at radius 3 is 2.64 bits per heavy atom. The molecule has 0 unspecified atom stereocenters. The number of thiazole rings is 1. The molecular formula is C6H3F2NS2. The maximum absolute atomic E-state index is 13.0. The largest absolute Gasteiger partial charge is 0.271 e. The van der Waals surface area contributed by atoms with Gasteiger partial charge in [-0.05, 0) is 6.92 Å². The summed E-state index contributed by atoms with van der Waals surface area (Å²) in [5.41, 5.74) is 0.176. The fraction of sp³-hybridized carbons (Fsp3) is 0.167. The van der Waals surface area contributed by atoms with Crippen molar-refractivity contribution >= 4 is 32.2 Å². The second-order valence-electron chi connectivity index (χ2n) is 2.08. The molecule has 0 spiro atoms. The first kappa shape index (κ1) is 7.12.